The van der Waals surface area contributed by atoms with Crippen molar-refractivity contribution in [3.05, 3.63) is 54.0 Å². The Morgan fingerprint density at radius 3 is 2.54 bits per heavy atom. The first kappa shape index (κ1) is 16.4. The molecule has 2 heterocycles. The molecule has 1 fully saturated rings. The van der Waals surface area contributed by atoms with Crippen LogP contribution in [0.4, 0.5) is 5.82 Å². The van der Waals surface area contributed by atoms with Crippen LogP contribution in [-0.4, -0.2) is 54.2 Å². The zero-order chi connectivity index (χ0) is 16.6. The second-order valence-corrected chi connectivity index (χ2v) is 5.71. The van der Waals surface area contributed by atoms with Gasteiger partial charge in [-0.05, 0) is 5.56 Å². The highest BCUT2D eigenvalue weighted by Crippen LogP contribution is 2.16. The van der Waals surface area contributed by atoms with Gasteiger partial charge in [-0.15, -0.1) is 0 Å². The number of hydrogen-bond donors (Lipinski definition) is 0. The normalized spacial score (nSPS) is 15.2. The molecule has 6 nitrogen and oxygen atoms in total. The molecular weight excluding hydrogens is 302 g/mol. The lowest BCUT2D eigenvalue weighted by Gasteiger charge is -2.35. The molecule has 1 aliphatic rings. The highest BCUT2D eigenvalue weighted by molar-refractivity contribution is 5.49. The third-order valence-electron chi connectivity index (χ3n) is 4.12. The molecule has 0 bridgehead atoms. The molecule has 3 rings (SSSR count). The van der Waals surface area contributed by atoms with E-state index >= 15 is 0 Å². The Kier molecular flexibility index (Phi) is 5.72. The first-order valence-corrected chi connectivity index (χ1v) is 8.17. The Morgan fingerprint density at radius 2 is 1.79 bits per heavy atom. The van der Waals surface area contributed by atoms with E-state index in [1.165, 1.54) is 5.56 Å². The van der Waals surface area contributed by atoms with Gasteiger partial charge in [-0.3, -0.25) is 4.90 Å². The molecule has 124 valence electrons. The van der Waals surface area contributed by atoms with E-state index in [0.717, 1.165) is 39.3 Å². The van der Waals surface area contributed by atoms with Gasteiger partial charge in [-0.2, -0.15) is 5.26 Å². The maximum Gasteiger partial charge on any atom is 0.183 e. The third-order valence-corrected chi connectivity index (χ3v) is 4.12. The summed E-state index contributed by atoms with van der Waals surface area (Å²) in [7, 11) is 0. The molecule has 0 amide bonds. The molecule has 1 aromatic heterocycles. The van der Waals surface area contributed by atoms with Gasteiger partial charge in [0.15, 0.2) is 11.5 Å². The van der Waals surface area contributed by atoms with E-state index in [4.69, 9.17) is 10.00 Å². The number of ether oxygens (including phenoxy) is 1. The summed E-state index contributed by atoms with van der Waals surface area (Å²) in [6, 6.07) is 12.3. The van der Waals surface area contributed by atoms with E-state index in [0.29, 0.717) is 18.1 Å². The zero-order valence-electron chi connectivity index (χ0n) is 13.6. The summed E-state index contributed by atoms with van der Waals surface area (Å²) in [6.45, 7) is 5.89. The summed E-state index contributed by atoms with van der Waals surface area (Å²) in [5.74, 6) is 0.694. The predicted molar refractivity (Wildman–Crippen MR) is 91.5 cm³/mol. The minimum absolute atomic E-state index is 0.400. The van der Waals surface area contributed by atoms with E-state index in [2.05, 4.69) is 38.0 Å². The Balaban J connectivity index is 1.40. The van der Waals surface area contributed by atoms with Gasteiger partial charge >= 0.3 is 0 Å². The molecule has 0 atom stereocenters. The number of nitriles is 1. The molecule has 1 aromatic carbocycles. The predicted octanol–water partition coefficient (Wildman–Crippen LogP) is 1.69. The smallest absolute Gasteiger partial charge is 0.183 e. The summed E-state index contributed by atoms with van der Waals surface area (Å²) < 4.78 is 5.75. The van der Waals surface area contributed by atoms with Gasteiger partial charge in [0.2, 0.25) is 0 Å². The molecule has 0 unspecified atom stereocenters. The maximum absolute atomic E-state index is 9.13. The minimum Gasteiger partial charge on any atom is -0.375 e. The van der Waals surface area contributed by atoms with E-state index in [-0.39, 0.29) is 0 Å². The fourth-order valence-electron chi connectivity index (χ4n) is 2.78. The number of hydrogen-bond acceptors (Lipinski definition) is 6. The van der Waals surface area contributed by atoms with Crippen LogP contribution in [0.25, 0.3) is 0 Å². The van der Waals surface area contributed by atoms with Crippen molar-refractivity contribution < 1.29 is 4.74 Å². The molecule has 1 aliphatic heterocycles. The summed E-state index contributed by atoms with van der Waals surface area (Å²) in [4.78, 5) is 12.9. The number of rotatable bonds is 6. The fourth-order valence-corrected chi connectivity index (χ4v) is 2.78. The molecule has 2 aromatic rings. The molecule has 0 radical (unpaired) electrons. The van der Waals surface area contributed by atoms with Gasteiger partial charge in [-0.25, -0.2) is 9.97 Å². The van der Waals surface area contributed by atoms with Crippen LogP contribution in [0.1, 0.15) is 11.3 Å². The number of aromatic nitrogens is 2. The van der Waals surface area contributed by atoms with Crippen LogP contribution >= 0.6 is 0 Å². The average Bonchev–Trinajstić information content (AvgIpc) is 2.66. The van der Waals surface area contributed by atoms with Crippen molar-refractivity contribution in [3.8, 4) is 6.07 Å². The zero-order valence-corrected chi connectivity index (χ0v) is 13.6. The lowest BCUT2D eigenvalue weighted by Crippen LogP contribution is -2.47. The molecule has 0 spiro atoms. The highest BCUT2D eigenvalue weighted by Gasteiger charge is 2.20. The van der Waals surface area contributed by atoms with E-state index in [1.54, 1.807) is 12.4 Å². The molecule has 6 heteroatoms. The van der Waals surface area contributed by atoms with Crippen molar-refractivity contribution >= 4 is 5.82 Å². The third kappa shape index (κ3) is 4.28. The quantitative estimate of drug-likeness (QED) is 0.754. The minimum atomic E-state index is 0.400. The Labute approximate surface area is 142 Å². The number of benzene rings is 1. The summed E-state index contributed by atoms with van der Waals surface area (Å²) in [5, 5.41) is 9.13. The van der Waals surface area contributed by atoms with Crippen LogP contribution in [0.15, 0.2) is 42.7 Å². The summed E-state index contributed by atoms with van der Waals surface area (Å²) in [6.07, 6.45) is 3.20. The number of anilines is 1. The first-order chi connectivity index (χ1) is 11.9. The Hall–Kier alpha value is -2.49. The van der Waals surface area contributed by atoms with Crippen LogP contribution in [-0.2, 0) is 11.3 Å². The molecule has 0 aliphatic carbocycles. The largest absolute Gasteiger partial charge is 0.375 e. The topological polar surface area (TPSA) is 65.3 Å². The van der Waals surface area contributed by atoms with Crippen LogP contribution in [0, 0.1) is 11.3 Å². The molecule has 0 N–H and O–H groups in total. The van der Waals surface area contributed by atoms with E-state index in [9.17, 15) is 0 Å². The number of nitrogens with zero attached hydrogens (tertiary/aromatic N) is 5. The van der Waals surface area contributed by atoms with Crippen LogP contribution in [0.2, 0.25) is 0 Å². The SMILES string of the molecule is N#Cc1nccnc1N1CCN(CCOCc2ccccc2)CC1. The second kappa shape index (κ2) is 8.39. The van der Waals surface area contributed by atoms with Crippen LogP contribution in [0.5, 0.6) is 0 Å². The van der Waals surface area contributed by atoms with Crippen LogP contribution in [0.3, 0.4) is 0 Å². The average molecular weight is 323 g/mol. The fraction of sp³-hybridized carbons (Fsp3) is 0.389. The highest BCUT2D eigenvalue weighted by atomic mass is 16.5. The van der Waals surface area contributed by atoms with Crippen molar-refractivity contribution in [2.45, 2.75) is 6.61 Å². The standard InChI is InChI=1S/C18H21N5O/c19-14-17-18(21-7-6-20-17)23-10-8-22(9-11-23)12-13-24-15-16-4-2-1-3-5-16/h1-7H,8-13,15H2. The molecule has 24 heavy (non-hydrogen) atoms. The van der Waals surface area contributed by atoms with Crippen molar-refractivity contribution in [3.63, 3.8) is 0 Å². The molecule has 1 saturated heterocycles. The molecule has 0 saturated carbocycles. The lowest BCUT2D eigenvalue weighted by molar-refractivity contribution is 0.0906. The van der Waals surface area contributed by atoms with Crippen molar-refractivity contribution in [1.82, 2.24) is 14.9 Å². The maximum atomic E-state index is 9.13. The van der Waals surface area contributed by atoms with Crippen molar-refractivity contribution in [2.24, 2.45) is 0 Å². The van der Waals surface area contributed by atoms with Gasteiger partial charge in [0.05, 0.1) is 13.2 Å². The summed E-state index contributed by atoms with van der Waals surface area (Å²) >= 11 is 0. The van der Waals surface area contributed by atoms with Gasteiger partial charge in [0, 0.05) is 45.1 Å². The molecular formula is C18H21N5O. The van der Waals surface area contributed by atoms with Gasteiger partial charge in [0.1, 0.15) is 6.07 Å². The first-order valence-electron chi connectivity index (χ1n) is 8.17. The Bertz CT molecular complexity index is 677. The monoisotopic (exact) mass is 323 g/mol. The van der Waals surface area contributed by atoms with Crippen LogP contribution < -0.4 is 4.90 Å². The van der Waals surface area contributed by atoms with Crippen molar-refractivity contribution in [1.29, 1.82) is 5.26 Å². The lowest BCUT2D eigenvalue weighted by atomic mass is 10.2. The summed E-state index contributed by atoms with van der Waals surface area (Å²) in [5.41, 5.74) is 1.60. The number of piperazine rings is 1. The second-order valence-electron chi connectivity index (χ2n) is 5.71. The van der Waals surface area contributed by atoms with Gasteiger partial charge in [0.25, 0.3) is 0 Å². The van der Waals surface area contributed by atoms with Crippen molar-refractivity contribution in [2.75, 3.05) is 44.2 Å². The van der Waals surface area contributed by atoms with Gasteiger partial charge in [-0.1, -0.05) is 30.3 Å². The van der Waals surface area contributed by atoms with Gasteiger partial charge < -0.3 is 9.64 Å². The Morgan fingerprint density at radius 1 is 1.04 bits per heavy atom. The van der Waals surface area contributed by atoms with E-state index in [1.807, 2.05) is 18.2 Å². The van der Waals surface area contributed by atoms with E-state index < -0.39 is 0 Å².